The van der Waals surface area contributed by atoms with Gasteiger partial charge in [-0.1, -0.05) is 0 Å². The molecule has 7 nitrogen and oxygen atoms in total. The van der Waals surface area contributed by atoms with Crippen molar-refractivity contribution in [2.24, 2.45) is 0 Å². The van der Waals surface area contributed by atoms with Gasteiger partial charge >= 0.3 is 0 Å². The summed E-state index contributed by atoms with van der Waals surface area (Å²) in [4.78, 5) is 16.7. The summed E-state index contributed by atoms with van der Waals surface area (Å²) in [7, 11) is -1.32. The molecule has 1 aliphatic rings. The standard InChI is InChI=1S/C27H24F2N6OS2/c1-17-16-35-25(24(33-27(35)37-17)18-2-4-19(28)5-3-18)23-10-13-30-26(32-23)31-21-11-14-34(15-12-21)38(36)22-8-6-20(29)7-9-22/h2-10,13,16,21H,11-12,14-15H2,1H3,(H,30,31,32). The fourth-order valence-electron chi connectivity index (χ4n) is 4.62. The Morgan fingerprint density at radius 1 is 0.974 bits per heavy atom. The maximum absolute atomic E-state index is 13.6. The van der Waals surface area contributed by atoms with Crippen LogP contribution in [-0.4, -0.2) is 47.0 Å². The molecule has 38 heavy (non-hydrogen) atoms. The van der Waals surface area contributed by atoms with Crippen LogP contribution in [0.4, 0.5) is 14.7 Å². The highest BCUT2D eigenvalue weighted by Crippen LogP contribution is 2.35. The lowest BCUT2D eigenvalue weighted by molar-refractivity contribution is 0.345. The number of hydrogen-bond acceptors (Lipinski definition) is 6. The normalized spacial score (nSPS) is 15.7. The molecule has 0 aliphatic carbocycles. The first-order chi connectivity index (χ1) is 18.4. The average molecular weight is 551 g/mol. The van der Waals surface area contributed by atoms with Gasteiger partial charge in [0.25, 0.3) is 0 Å². The molecule has 5 aromatic rings. The van der Waals surface area contributed by atoms with E-state index >= 15 is 0 Å². The third kappa shape index (κ3) is 4.96. The molecule has 1 unspecified atom stereocenters. The van der Waals surface area contributed by atoms with E-state index in [9.17, 15) is 13.0 Å². The molecule has 11 heteroatoms. The molecule has 1 fully saturated rings. The van der Waals surface area contributed by atoms with Crippen LogP contribution in [0.25, 0.3) is 27.6 Å². The summed E-state index contributed by atoms with van der Waals surface area (Å²) in [6.45, 7) is 3.30. The van der Waals surface area contributed by atoms with Crippen molar-refractivity contribution < 1.29 is 13.0 Å². The number of thiazole rings is 1. The Morgan fingerprint density at radius 3 is 2.37 bits per heavy atom. The Bertz CT molecular complexity index is 1610. The van der Waals surface area contributed by atoms with E-state index in [2.05, 4.69) is 10.3 Å². The van der Waals surface area contributed by atoms with Crippen LogP contribution in [0.1, 0.15) is 17.7 Å². The minimum absolute atomic E-state index is 0.122. The summed E-state index contributed by atoms with van der Waals surface area (Å²) >= 11 is 1.58. The van der Waals surface area contributed by atoms with Gasteiger partial charge in [-0.2, -0.15) is 0 Å². The topological polar surface area (TPSA) is 75.4 Å². The van der Waals surface area contributed by atoms with Crippen molar-refractivity contribution in [3.8, 4) is 22.6 Å². The summed E-state index contributed by atoms with van der Waals surface area (Å²) in [5, 5.41) is 3.44. The molecule has 0 bridgehead atoms. The summed E-state index contributed by atoms with van der Waals surface area (Å²) in [5.74, 6) is -0.132. The van der Waals surface area contributed by atoms with Gasteiger partial charge in [-0.3, -0.25) is 4.40 Å². The predicted molar refractivity (Wildman–Crippen MR) is 145 cm³/mol. The number of hydrogen-bond donors (Lipinski definition) is 1. The number of fused-ring (bicyclic) bond motifs is 1. The molecule has 1 atom stereocenters. The summed E-state index contributed by atoms with van der Waals surface area (Å²) in [5.41, 5.74) is 3.08. The van der Waals surface area contributed by atoms with Crippen molar-refractivity contribution in [3.05, 3.63) is 83.5 Å². The Kier molecular flexibility index (Phi) is 6.73. The van der Waals surface area contributed by atoms with Crippen molar-refractivity contribution in [2.75, 3.05) is 18.4 Å². The number of aromatic nitrogens is 4. The lowest BCUT2D eigenvalue weighted by Gasteiger charge is -2.31. The smallest absolute Gasteiger partial charge is 0.223 e. The zero-order valence-electron chi connectivity index (χ0n) is 20.5. The lowest BCUT2D eigenvalue weighted by Crippen LogP contribution is -2.40. The minimum atomic E-state index is -1.32. The van der Waals surface area contributed by atoms with Gasteiger partial charge in [-0.15, -0.1) is 11.3 Å². The number of piperidine rings is 1. The van der Waals surface area contributed by atoms with Crippen LogP contribution in [0.3, 0.4) is 0 Å². The van der Waals surface area contributed by atoms with E-state index in [4.69, 9.17) is 9.97 Å². The van der Waals surface area contributed by atoms with Crippen LogP contribution in [0.15, 0.2) is 71.9 Å². The zero-order chi connectivity index (χ0) is 26.2. The van der Waals surface area contributed by atoms with Crippen LogP contribution < -0.4 is 5.32 Å². The van der Waals surface area contributed by atoms with E-state index in [-0.39, 0.29) is 17.7 Å². The molecule has 2 aromatic carbocycles. The molecule has 194 valence electrons. The number of imidazole rings is 1. The van der Waals surface area contributed by atoms with E-state index in [1.54, 1.807) is 41.8 Å². The number of halogens is 2. The summed E-state index contributed by atoms with van der Waals surface area (Å²) in [6, 6.07) is 14.1. The molecule has 1 N–H and O–H groups in total. The first-order valence-electron chi connectivity index (χ1n) is 12.2. The number of nitrogens with zero attached hydrogens (tertiary/aromatic N) is 5. The molecule has 0 saturated carbocycles. The second kappa shape index (κ2) is 10.3. The first-order valence-corrected chi connectivity index (χ1v) is 14.1. The van der Waals surface area contributed by atoms with Gasteiger partial charge in [0, 0.05) is 42.0 Å². The quantitative estimate of drug-likeness (QED) is 0.293. The zero-order valence-corrected chi connectivity index (χ0v) is 22.1. The van der Waals surface area contributed by atoms with Gasteiger partial charge in [0.15, 0.2) is 4.96 Å². The fraction of sp³-hybridized carbons (Fsp3) is 0.222. The predicted octanol–water partition coefficient (Wildman–Crippen LogP) is 5.71. The summed E-state index contributed by atoms with van der Waals surface area (Å²) in [6.07, 6.45) is 5.28. The number of rotatable bonds is 6. The summed E-state index contributed by atoms with van der Waals surface area (Å²) < 4.78 is 43.6. The largest absolute Gasteiger partial charge is 0.351 e. The highest BCUT2D eigenvalue weighted by Gasteiger charge is 2.25. The number of aryl methyl sites for hydroxylation is 1. The Hall–Kier alpha value is -3.54. The van der Waals surface area contributed by atoms with Crippen LogP contribution in [0, 0.1) is 18.6 Å². The van der Waals surface area contributed by atoms with Crippen LogP contribution in [-0.2, 0) is 11.0 Å². The first kappa shape index (κ1) is 24.8. The number of nitrogens with one attached hydrogen (secondary N) is 1. The van der Waals surface area contributed by atoms with Crippen molar-refractivity contribution >= 4 is 33.2 Å². The van der Waals surface area contributed by atoms with Crippen LogP contribution in [0.2, 0.25) is 0 Å². The van der Waals surface area contributed by atoms with E-state index in [1.165, 1.54) is 24.3 Å². The highest BCUT2D eigenvalue weighted by atomic mass is 32.2. The van der Waals surface area contributed by atoms with Gasteiger partial charge in [0.05, 0.1) is 16.3 Å². The van der Waals surface area contributed by atoms with Crippen LogP contribution >= 0.6 is 11.3 Å². The maximum Gasteiger partial charge on any atom is 0.223 e. The molecular formula is C27H24F2N6OS2. The molecule has 3 aromatic heterocycles. The average Bonchev–Trinajstić information content (AvgIpc) is 3.45. The monoisotopic (exact) mass is 550 g/mol. The van der Waals surface area contributed by atoms with Gasteiger partial charge < -0.3 is 5.32 Å². The molecular weight excluding hydrogens is 526 g/mol. The molecule has 1 saturated heterocycles. The van der Waals surface area contributed by atoms with E-state index < -0.39 is 11.0 Å². The van der Waals surface area contributed by atoms with Crippen molar-refractivity contribution in [1.82, 2.24) is 23.7 Å². The highest BCUT2D eigenvalue weighted by molar-refractivity contribution is 7.82. The molecule has 6 rings (SSSR count). The van der Waals surface area contributed by atoms with Gasteiger partial charge in [0.2, 0.25) is 5.95 Å². The molecule has 4 heterocycles. The SMILES string of the molecule is Cc1cn2c(-c3ccnc(NC4CCN(S(=O)c5ccc(F)cc5)CC4)n3)c(-c3ccc(F)cc3)nc2s1. The van der Waals surface area contributed by atoms with Gasteiger partial charge in [-0.05, 0) is 74.4 Å². The third-order valence-electron chi connectivity index (χ3n) is 6.49. The molecule has 0 radical (unpaired) electrons. The molecule has 0 amide bonds. The molecule has 0 spiro atoms. The minimum Gasteiger partial charge on any atom is -0.351 e. The van der Waals surface area contributed by atoms with Crippen molar-refractivity contribution in [2.45, 2.75) is 30.7 Å². The van der Waals surface area contributed by atoms with E-state index in [1.807, 2.05) is 27.9 Å². The Labute approximate surface area is 224 Å². The lowest BCUT2D eigenvalue weighted by atomic mass is 10.1. The van der Waals surface area contributed by atoms with Crippen molar-refractivity contribution in [1.29, 1.82) is 0 Å². The second-order valence-corrected chi connectivity index (χ2v) is 11.8. The Morgan fingerprint density at radius 2 is 1.66 bits per heavy atom. The van der Waals surface area contributed by atoms with E-state index in [0.717, 1.165) is 39.6 Å². The fourth-order valence-corrected chi connectivity index (χ4v) is 6.65. The van der Waals surface area contributed by atoms with Crippen molar-refractivity contribution in [3.63, 3.8) is 0 Å². The third-order valence-corrected chi connectivity index (χ3v) is 8.90. The van der Waals surface area contributed by atoms with Gasteiger partial charge in [0.1, 0.15) is 28.3 Å². The molecule has 1 aliphatic heterocycles. The Balaban J connectivity index is 1.21. The van der Waals surface area contributed by atoms with E-state index in [0.29, 0.717) is 29.6 Å². The maximum atomic E-state index is 13.6. The number of benzene rings is 2. The number of anilines is 1. The second-order valence-electron chi connectivity index (χ2n) is 9.13. The van der Waals surface area contributed by atoms with Gasteiger partial charge in [-0.25, -0.2) is 32.2 Å². The van der Waals surface area contributed by atoms with Crippen LogP contribution in [0.5, 0.6) is 0 Å².